The largest absolute Gasteiger partial charge is 0.325 e. The molecule has 0 spiro atoms. The van der Waals surface area contributed by atoms with Crippen molar-refractivity contribution < 1.29 is 4.79 Å². The van der Waals surface area contributed by atoms with Crippen LogP contribution in [0.25, 0.3) is 0 Å². The Morgan fingerprint density at radius 2 is 1.73 bits per heavy atom. The second-order valence-corrected chi connectivity index (χ2v) is 8.46. The molecule has 1 aliphatic heterocycles. The lowest BCUT2D eigenvalue weighted by Gasteiger charge is -2.07. The van der Waals surface area contributed by atoms with Gasteiger partial charge in [-0.2, -0.15) is 0 Å². The highest BCUT2D eigenvalue weighted by atomic mass is 79.9. The number of rotatable bonds is 4. The average molecular weight is 430 g/mol. The summed E-state index contributed by atoms with van der Waals surface area (Å²) in [5, 5.41) is 3.71. The fourth-order valence-corrected chi connectivity index (χ4v) is 3.70. The summed E-state index contributed by atoms with van der Waals surface area (Å²) in [5.41, 5.74) is 3.37. The maximum absolute atomic E-state index is 12.3. The van der Waals surface area contributed by atoms with Gasteiger partial charge in [-0.05, 0) is 45.0 Å². The fraction of sp³-hybridized carbons (Fsp3) is 0.250. The molecule has 0 aromatic heterocycles. The second-order valence-electron chi connectivity index (χ2n) is 6.58. The van der Waals surface area contributed by atoms with Crippen molar-refractivity contribution in [2.45, 2.75) is 26.4 Å². The van der Waals surface area contributed by atoms with Crippen LogP contribution in [0.4, 0.5) is 5.69 Å². The second kappa shape index (κ2) is 7.76. The van der Waals surface area contributed by atoms with Crippen LogP contribution in [0.15, 0.2) is 63.0 Å². The molecule has 26 heavy (non-hydrogen) atoms. The van der Waals surface area contributed by atoms with Gasteiger partial charge in [-0.15, -0.1) is 0 Å². The van der Waals surface area contributed by atoms with E-state index in [1.54, 1.807) is 0 Å². The van der Waals surface area contributed by atoms with Crippen molar-refractivity contribution in [3.8, 4) is 0 Å². The average Bonchev–Trinajstić information content (AvgIpc) is 2.91. The van der Waals surface area contributed by atoms with Crippen molar-refractivity contribution in [1.29, 1.82) is 0 Å². The summed E-state index contributed by atoms with van der Waals surface area (Å²) in [4.78, 5) is 21.7. The highest BCUT2D eigenvalue weighted by molar-refractivity contribution is 9.10. The summed E-state index contributed by atoms with van der Waals surface area (Å²) in [5.74, 6) is 0.226. The number of aliphatic imine (C=N–C) groups is 2. The molecule has 0 unspecified atom stereocenters. The van der Waals surface area contributed by atoms with Crippen molar-refractivity contribution in [3.05, 3.63) is 64.1 Å². The van der Waals surface area contributed by atoms with Crippen LogP contribution in [0.1, 0.15) is 25.0 Å². The number of amides is 1. The molecular weight excluding hydrogens is 410 g/mol. The Morgan fingerprint density at radius 1 is 1.08 bits per heavy atom. The highest BCUT2D eigenvalue weighted by Crippen LogP contribution is 2.27. The van der Waals surface area contributed by atoms with E-state index in [9.17, 15) is 4.79 Å². The minimum Gasteiger partial charge on any atom is -0.325 e. The lowest BCUT2D eigenvalue weighted by Crippen LogP contribution is -2.17. The molecule has 0 bridgehead atoms. The van der Waals surface area contributed by atoms with Crippen molar-refractivity contribution in [2.24, 2.45) is 9.98 Å². The molecular formula is C20H20BrN3OS. The van der Waals surface area contributed by atoms with E-state index in [0.29, 0.717) is 0 Å². The SMILES string of the molecule is Cc1ccc(C2=NC(C)(C)N=C2SCC(=O)Nc2ccc(Br)cc2)cc1. The molecule has 1 aliphatic rings. The molecule has 4 nitrogen and oxygen atoms in total. The Bertz CT molecular complexity index is 871. The Kier molecular flexibility index (Phi) is 5.63. The first-order valence-electron chi connectivity index (χ1n) is 8.28. The summed E-state index contributed by atoms with van der Waals surface area (Å²) < 4.78 is 0.978. The number of nitrogens with zero attached hydrogens (tertiary/aromatic N) is 2. The van der Waals surface area contributed by atoms with Gasteiger partial charge in [0.2, 0.25) is 5.91 Å². The van der Waals surface area contributed by atoms with Gasteiger partial charge in [0.25, 0.3) is 0 Å². The van der Waals surface area contributed by atoms with E-state index in [1.165, 1.54) is 17.3 Å². The Labute approximate surface area is 166 Å². The number of halogens is 1. The first-order valence-corrected chi connectivity index (χ1v) is 10.1. The molecule has 3 rings (SSSR count). The van der Waals surface area contributed by atoms with E-state index < -0.39 is 5.66 Å². The number of aryl methyl sites for hydroxylation is 1. The molecule has 1 N–H and O–H groups in total. The fourth-order valence-electron chi connectivity index (χ4n) is 2.51. The van der Waals surface area contributed by atoms with Crippen molar-refractivity contribution >= 4 is 50.0 Å². The lowest BCUT2D eigenvalue weighted by molar-refractivity contribution is -0.113. The minimum atomic E-state index is -0.495. The van der Waals surface area contributed by atoms with E-state index in [2.05, 4.69) is 45.3 Å². The number of thioether (sulfide) groups is 1. The van der Waals surface area contributed by atoms with Crippen molar-refractivity contribution in [3.63, 3.8) is 0 Å². The maximum atomic E-state index is 12.3. The van der Waals surface area contributed by atoms with E-state index in [0.717, 1.165) is 26.5 Å². The van der Waals surface area contributed by atoms with Gasteiger partial charge in [0.05, 0.1) is 11.5 Å². The van der Waals surface area contributed by atoms with Gasteiger partial charge in [-0.3, -0.25) is 9.79 Å². The third-order valence-corrected chi connectivity index (χ3v) is 5.25. The topological polar surface area (TPSA) is 53.8 Å². The van der Waals surface area contributed by atoms with Crippen LogP contribution in [-0.4, -0.2) is 28.1 Å². The summed E-state index contributed by atoms with van der Waals surface area (Å²) in [6, 6.07) is 15.7. The van der Waals surface area contributed by atoms with Crippen LogP contribution < -0.4 is 5.32 Å². The van der Waals surface area contributed by atoms with Crippen molar-refractivity contribution in [1.82, 2.24) is 0 Å². The van der Waals surface area contributed by atoms with Gasteiger partial charge in [0, 0.05) is 15.7 Å². The number of anilines is 1. The molecule has 6 heteroatoms. The Balaban J connectivity index is 1.67. The molecule has 2 aromatic rings. The van der Waals surface area contributed by atoms with Crippen LogP contribution in [0, 0.1) is 6.92 Å². The van der Waals surface area contributed by atoms with Crippen LogP contribution in [-0.2, 0) is 4.79 Å². The zero-order chi connectivity index (χ0) is 18.7. The summed E-state index contributed by atoms with van der Waals surface area (Å²) >= 11 is 4.81. The number of nitrogens with one attached hydrogen (secondary N) is 1. The molecule has 2 aromatic carbocycles. The van der Waals surface area contributed by atoms with Crippen molar-refractivity contribution in [2.75, 3.05) is 11.1 Å². The van der Waals surface area contributed by atoms with Gasteiger partial charge in [-0.25, -0.2) is 4.99 Å². The number of hydrogen-bond donors (Lipinski definition) is 1. The maximum Gasteiger partial charge on any atom is 0.234 e. The highest BCUT2D eigenvalue weighted by Gasteiger charge is 2.28. The molecule has 0 atom stereocenters. The van der Waals surface area contributed by atoms with E-state index in [-0.39, 0.29) is 11.7 Å². The Morgan fingerprint density at radius 3 is 2.38 bits per heavy atom. The molecule has 0 aliphatic carbocycles. The molecule has 0 saturated carbocycles. The van der Waals surface area contributed by atoms with Crippen LogP contribution in [0.2, 0.25) is 0 Å². The predicted octanol–water partition coefficient (Wildman–Crippen LogP) is 5.07. The molecule has 0 radical (unpaired) electrons. The number of benzene rings is 2. The zero-order valence-electron chi connectivity index (χ0n) is 14.9. The monoisotopic (exact) mass is 429 g/mol. The lowest BCUT2D eigenvalue weighted by atomic mass is 10.1. The standard InChI is InChI=1S/C20H20BrN3OS/c1-13-4-6-14(7-5-13)18-19(24-20(2,3)23-18)26-12-17(25)22-16-10-8-15(21)9-11-16/h4-11H,12H2,1-3H3,(H,22,25). The van der Waals surface area contributed by atoms with Gasteiger partial charge in [-0.1, -0.05) is 57.5 Å². The number of hydrogen-bond acceptors (Lipinski definition) is 4. The Hall–Kier alpha value is -1.92. The van der Waals surface area contributed by atoms with E-state index in [4.69, 9.17) is 4.99 Å². The summed E-state index contributed by atoms with van der Waals surface area (Å²) in [7, 11) is 0. The van der Waals surface area contributed by atoms with E-state index >= 15 is 0 Å². The molecule has 134 valence electrons. The summed E-state index contributed by atoms with van der Waals surface area (Å²) in [6.07, 6.45) is 0. The third-order valence-electron chi connectivity index (χ3n) is 3.76. The zero-order valence-corrected chi connectivity index (χ0v) is 17.3. The van der Waals surface area contributed by atoms with Crippen LogP contribution in [0.3, 0.4) is 0 Å². The van der Waals surface area contributed by atoms with Gasteiger partial charge in [0.1, 0.15) is 10.7 Å². The molecule has 1 amide bonds. The van der Waals surface area contributed by atoms with Crippen LogP contribution in [0.5, 0.6) is 0 Å². The predicted molar refractivity (Wildman–Crippen MR) is 114 cm³/mol. The number of carbonyl (C=O) groups is 1. The van der Waals surface area contributed by atoms with Gasteiger partial charge >= 0.3 is 0 Å². The smallest absolute Gasteiger partial charge is 0.234 e. The van der Waals surface area contributed by atoms with Crippen LogP contribution >= 0.6 is 27.7 Å². The number of carbonyl (C=O) groups excluding carboxylic acids is 1. The first kappa shape index (κ1) is 18.9. The van der Waals surface area contributed by atoms with Gasteiger partial charge < -0.3 is 5.32 Å². The first-order chi connectivity index (χ1) is 12.3. The quantitative estimate of drug-likeness (QED) is 0.737. The van der Waals surface area contributed by atoms with Gasteiger partial charge in [0.15, 0.2) is 0 Å². The van der Waals surface area contributed by atoms with E-state index in [1.807, 2.05) is 50.2 Å². The third kappa shape index (κ3) is 4.83. The molecule has 0 saturated heterocycles. The normalized spacial score (nSPS) is 15.4. The molecule has 1 heterocycles. The minimum absolute atomic E-state index is 0.0621. The summed E-state index contributed by atoms with van der Waals surface area (Å²) in [6.45, 7) is 5.99. The molecule has 0 fully saturated rings.